The van der Waals surface area contributed by atoms with E-state index >= 15 is 0 Å². The molecule has 0 aliphatic rings. The van der Waals surface area contributed by atoms with E-state index in [2.05, 4.69) is 19.2 Å². The van der Waals surface area contributed by atoms with Gasteiger partial charge in [0.05, 0.1) is 5.69 Å². The predicted octanol–water partition coefficient (Wildman–Crippen LogP) is 4.31. The van der Waals surface area contributed by atoms with Crippen molar-refractivity contribution in [1.29, 1.82) is 0 Å². The van der Waals surface area contributed by atoms with Crippen LogP contribution in [0.25, 0.3) is 0 Å². The molecule has 0 bridgehead atoms. The van der Waals surface area contributed by atoms with Gasteiger partial charge in [-0.3, -0.25) is 0 Å². The highest BCUT2D eigenvalue weighted by Gasteiger charge is 1.93. The van der Waals surface area contributed by atoms with Gasteiger partial charge in [-0.05, 0) is 12.1 Å². The Morgan fingerprint density at radius 1 is 1.14 bits per heavy atom. The number of hydrogen-bond acceptors (Lipinski definition) is 1. The summed E-state index contributed by atoms with van der Waals surface area (Å²) in [7, 11) is 1.69. The van der Waals surface area contributed by atoms with Crippen molar-refractivity contribution in [3.05, 3.63) is 30.1 Å². The lowest BCUT2D eigenvalue weighted by atomic mass is 10.3. The molecule has 0 heterocycles. The number of hydrogen-bond donors (Lipinski definition) is 1. The van der Waals surface area contributed by atoms with E-state index in [0.717, 1.165) is 0 Å². The zero-order valence-electron chi connectivity index (χ0n) is 9.89. The molecule has 2 heteroatoms. The molecular weight excluding hydrogens is 177 g/mol. The Morgan fingerprint density at radius 3 is 1.86 bits per heavy atom. The molecule has 0 unspecified atom stereocenters. The van der Waals surface area contributed by atoms with Crippen LogP contribution in [0.4, 0.5) is 10.1 Å². The zero-order chi connectivity index (χ0) is 11.4. The lowest BCUT2D eigenvalue weighted by molar-refractivity contribution is 0.631. The number of benzene rings is 1. The summed E-state index contributed by atoms with van der Waals surface area (Å²) in [6, 6.07) is 6.56. The highest BCUT2D eigenvalue weighted by atomic mass is 19.1. The maximum Gasteiger partial charge on any atom is 0.146 e. The fourth-order valence-corrected chi connectivity index (χ4v) is 0.664. The number of para-hydroxylation sites is 1. The topological polar surface area (TPSA) is 12.0 Å². The lowest BCUT2D eigenvalue weighted by Gasteiger charge is -1.97. The van der Waals surface area contributed by atoms with Crippen molar-refractivity contribution in [2.24, 2.45) is 0 Å². The molecule has 0 amide bonds. The minimum absolute atomic E-state index is 0.208. The number of nitrogens with one attached hydrogen (secondary N) is 1. The molecule has 82 valence electrons. The van der Waals surface area contributed by atoms with Gasteiger partial charge in [0.15, 0.2) is 0 Å². The summed E-state index contributed by atoms with van der Waals surface area (Å²) in [5.74, 6) is -0.208. The average Bonchev–Trinajstić information content (AvgIpc) is 2.23. The fourth-order valence-electron chi connectivity index (χ4n) is 0.664. The van der Waals surface area contributed by atoms with Gasteiger partial charge in [0, 0.05) is 7.05 Å². The molecule has 0 fully saturated rings. The van der Waals surface area contributed by atoms with Crippen LogP contribution >= 0.6 is 0 Å². The van der Waals surface area contributed by atoms with E-state index in [0.29, 0.717) is 5.69 Å². The number of anilines is 1. The molecule has 0 spiro atoms. The highest BCUT2D eigenvalue weighted by molar-refractivity contribution is 5.43. The zero-order valence-corrected chi connectivity index (χ0v) is 9.89. The van der Waals surface area contributed by atoms with E-state index in [-0.39, 0.29) is 5.82 Å². The first kappa shape index (κ1) is 15.4. The van der Waals surface area contributed by atoms with Crippen molar-refractivity contribution >= 4 is 5.69 Å². The van der Waals surface area contributed by atoms with E-state index in [1.165, 1.54) is 12.5 Å². The van der Waals surface area contributed by atoms with Crippen molar-refractivity contribution in [2.45, 2.75) is 34.1 Å². The van der Waals surface area contributed by atoms with Gasteiger partial charge in [-0.15, -0.1) is 0 Å². The third kappa shape index (κ3) is 7.59. The largest absolute Gasteiger partial charge is 0.386 e. The maximum absolute atomic E-state index is 12.5. The van der Waals surface area contributed by atoms with E-state index in [9.17, 15) is 4.39 Å². The molecule has 1 rings (SSSR count). The lowest BCUT2D eigenvalue weighted by Crippen LogP contribution is -1.90. The summed E-state index contributed by atoms with van der Waals surface area (Å²) in [4.78, 5) is 0. The summed E-state index contributed by atoms with van der Waals surface area (Å²) in [5, 5.41) is 2.72. The smallest absolute Gasteiger partial charge is 0.146 e. The van der Waals surface area contributed by atoms with Crippen molar-refractivity contribution in [3.8, 4) is 0 Å². The molecular formula is C12H22FN. The second kappa shape index (κ2) is 11.9. The summed E-state index contributed by atoms with van der Waals surface area (Å²) in [5.41, 5.74) is 0.539. The Labute approximate surface area is 87.3 Å². The Bertz CT molecular complexity index is 211. The van der Waals surface area contributed by atoms with E-state index < -0.39 is 0 Å². The van der Waals surface area contributed by atoms with Gasteiger partial charge in [-0.1, -0.05) is 46.2 Å². The summed E-state index contributed by atoms with van der Waals surface area (Å²) in [6.07, 6.45) is 1.25. The third-order valence-corrected chi connectivity index (χ3v) is 1.14. The number of rotatable bonds is 1. The van der Waals surface area contributed by atoms with E-state index in [1.807, 2.05) is 13.8 Å². The molecule has 1 aromatic carbocycles. The van der Waals surface area contributed by atoms with Gasteiger partial charge in [0.25, 0.3) is 0 Å². The summed E-state index contributed by atoms with van der Waals surface area (Å²) < 4.78 is 12.5. The van der Waals surface area contributed by atoms with Crippen LogP contribution in [0.15, 0.2) is 24.3 Å². The van der Waals surface area contributed by atoms with Crippen molar-refractivity contribution < 1.29 is 4.39 Å². The van der Waals surface area contributed by atoms with Gasteiger partial charge < -0.3 is 5.32 Å². The van der Waals surface area contributed by atoms with Crippen molar-refractivity contribution in [1.82, 2.24) is 0 Å². The molecule has 0 aromatic heterocycles. The Hall–Kier alpha value is -1.05. The number of halogens is 1. The second-order valence-corrected chi connectivity index (χ2v) is 2.44. The molecule has 0 aliphatic carbocycles. The van der Waals surface area contributed by atoms with Crippen LogP contribution in [-0.2, 0) is 0 Å². The normalized spacial score (nSPS) is 7.57. The van der Waals surface area contributed by atoms with Crippen LogP contribution in [0, 0.1) is 5.82 Å². The van der Waals surface area contributed by atoms with Crippen LogP contribution in [0.2, 0.25) is 0 Å². The molecule has 1 N–H and O–H groups in total. The molecule has 0 saturated carbocycles. The SMILES string of the molecule is CC.CCC.CNc1ccccc1F. The standard InChI is InChI=1S/C7H8FN.C3H8.C2H6/c1-9-7-5-3-2-4-6(7)8;1-3-2;1-2/h2-5,9H,1H3;3H2,1-2H3;1-2H3. The van der Waals surface area contributed by atoms with Crippen LogP contribution < -0.4 is 5.32 Å². The maximum atomic E-state index is 12.5. The molecule has 0 aliphatic heterocycles. The molecule has 1 aromatic rings. The average molecular weight is 199 g/mol. The van der Waals surface area contributed by atoms with Gasteiger partial charge >= 0.3 is 0 Å². The van der Waals surface area contributed by atoms with Gasteiger partial charge in [-0.25, -0.2) is 4.39 Å². The van der Waals surface area contributed by atoms with Crippen LogP contribution in [-0.4, -0.2) is 7.05 Å². The van der Waals surface area contributed by atoms with Crippen molar-refractivity contribution in [3.63, 3.8) is 0 Å². The van der Waals surface area contributed by atoms with E-state index in [1.54, 1.807) is 25.2 Å². The molecule has 0 radical (unpaired) electrons. The first-order valence-corrected chi connectivity index (χ1v) is 5.18. The van der Waals surface area contributed by atoms with Gasteiger partial charge in [-0.2, -0.15) is 0 Å². The summed E-state index contributed by atoms with van der Waals surface area (Å²) >= 11 is 0. The molecule has 0 atom stereocenters. The quantitative estimate of drug-likeness (QED) is 0.710. The minimum Gasteiger partial charge on any atom is -0.386 e. The van der Waals surface area contributed by atoms with E-state index in [4.69, 9.17) is 0 Å². The Morgan fingerprint density at radius 2 is 1.57 bits per heavy atom. The molecule has 1 nitrogen and oxygen atoms in total. The Balaban J connectivity index is 0. The first-order valence-electron chi connectivity index (χ1n) is 5.18. The third-order valence-electron chi connectivity index (χ3n) is 1.14. The molecule has 0 saturated heterocycles. The van der Waals surface area contributed by atoms with Crippen molar-refractivity contribution in [2.75, 3.05) is 12.4 Å². The van der Waals surface area contributed by atoms with Crippen LogP contribution in [0.1, 0.15) is 34.1 Å². The highest BCUT2D eigenvalue weighted by Crippen LogP contribution is 2.10. The predicted molar refractivity (Wildman–Crippen MR) is 63.3 cm³/mol. The minimum atomic E-state index is -0.208. The Kier molecular flexibility index (Phi) is 13.2. The van der Waals surface area contributed by atoms with Gasteiger partial charge in [0.2, 0.25) is 0 Å². The fraction of sp³-hybridized carbons (Fsp3) is 0.500. The monoisotopic (exact) mass is 199 g/mol. The summed E-state index contributed by atoms with van der Waals surface area (Å²) in [6.45, 7) is 8.25. The van der Waals surface area contributed by atoms with Crippen LogP contribution in [0.3, 0.4) is 0 Å². The van der Waals surface area contributed by atoms with Crippen LogP contribution in [0.5, 0.6) is 0 Å². The second-order valence-electron chi connectivity index (χ2n) is 2.44. The molecule has 14 heavy (non-hydrogen) atoms. The first-order chi connectivity index (χ1) is 6.76. The van der Waals surface area contributed by atoms with Gasteiger partial charge in [0.1, 0.15) is 5.82 Å².